The van der Waals surface area contributed by atoms with Gasteiger partial charge in [-0.05, 0) is 68.6 Å². The molecule has 1 aliphatic heterocycles. The number of nitrogens with one attached hydrogen (secondary N) is 1. The molecule has 6 nitrogen and oxygen atoms in total. The molecule has 1 N–H and O–H groups in total. The van der Waals surface area contributed by atoms with Crippen LogP contribution in [0.5, 0.6) is 0 Å². The molecule has 30 heavy (non-hydrogen) atoms. The van der Waals surface area contributed by atoms with E-state index >= 15 is 0 Å². The molecule has 158 valence electrons. The van der Waals surface area contributed by atoms with Gasteiger partial charge >= 0.3 is 0 Å². The van der Waals surface area contributed by atoms with Crippen LogP contribution in [-0.2, 0) is 0 Å². The van der Waals surface area contributed by atoms with E-state index in [9.17, 15) is 9.18 Å². The monoisotopic (exact) mass is 409 g/mol. The first-order chi connectivity index (χ1) is 14.7. The molecule has 1 atom stereocenters. The SMILES string of the molecule is CC[C@H]1CCCCN1CCCNC(=O)c1ccn2c(-c3ccc(F)cc3)nnc2c1. The summed E-state index contributed by atoms with van der Waals surface area (Å²) in [5.41, 5.74) is 1.91. The number of halogens is 1. The molecule has 1 amide bonds. The number of likely N-dealkylation sites (tertiary alicyclic amines) is 1. The van der Waals surface area contributed by atoms with Gasteiger partial charge in [-0.15, -0.1) is 10.2 Å². The number of fused-ring (bicyclic) bond motifs is 1. The normalized spacial score (nSPS) is 17.3. The highest BCUT2D eigenvalue weighted by Gasteiger charge is 2.20. The Kier molecular flexibility index (Phi) is 6.38. The summed E-state index contributed by atoms with van der Waals surface area (Å²) < 4.78 is 15.0. The molecule has 0 unspecified atom stereocenters. The molecule has 1 saturated heterocycles. The quantitative estimate of drug-likeness (QED) is 0.601. The fourth-order valence-electron chi connectivity index (χ4n) is 4.23. The number of carbonyl (C=O) groups excluding carboxylic acids is 1. The van der Waals surface area contributed by atoms with Gasteiger partial charge in [-0.3, -0.25) is 9.20 Å². The fraction of sp³-hybridized carbons (Fsp3) is 0.435. The summed E-state index contributed by atoms with van der Waals surface area (Å²) in [4.78, 5) is 15.1. The average molecular weight is 410 g/mol. The maximum atomic E-state index is 13.2. The molecule has 4 rings (SSSR count). The number of aromatic nitrogens is 3. The van der Waals surface area contributed by atoms with Gasteiger partial charge < -0.3 is 10.2 Å². The molecule has 0 saturated carbocycles. The van der Waals surface area contributed by atoms with E-state index in [4.69, 9.17) is 0 Å². The lowest BCUT2D eigenvalue weighted by molar-refractivity contribution is 0.0947. The molecule has 0 aliphatic carbocycles. The summed E-state index contributed by atoms with van der Waals surface area (Å²) in [5, 5.41) is 11.4. The second-order valence-corrected chi connectivity index (χ2v) is 7.88. The van der Waals surface area contributed by atoms with E-state index in [-0.39, 0.29) is 11.7 Å². The zero-order valence-corrected chi connectivity index (χ0v) is 17.4. The van der Waals surface area contributed by atoms with E-state index in [0.29, 0.717) is 29.6 Å². The minimum atomic E-state index is -0.294. The van der Waals surface area contributed by atoms with E-state index in [1.807, 2.05) is 0 Å². The lowest BCUT2D eigenvalue weighted by atomic mass is 10.00. The van der Waals surface area contributed by atoms with Crippen molar-refractivity contribution in [3.05, 3.63) is 54.0 Å². The summed E-state index contributed by atoms with van der Waals surface area (Å²) in [6, 6.07) is 10.3. The molecule has 3 heterocycles. The van der Waals surface area contributed by atoms with Crippen molar-refractivity contribution in [3.63, 3.8) is 0 Å². The third-order valence-electron chi connectivity index (χ3n) is 5.90. The van der Waals surface area contributed by atoms with Gasteiger partial charge in [0.1, 0.15) is 5.82 Å². The van der Waals surface area contributed by atoms with Crippen LogP contribution >= 0.6 is 0 Å². The number of hydrogen-bond donors (Lipinski definition) is 1. The van der Waals surface area contributed by atoms with E-state index in [2.05, 4.69) is 27.3 Å². The van der Waals surface area contributed by atoms with Gasteiger partial charge in [0.2, 0.25) is 0 Å². The number of carbonyl (C=O) groups is 1. The van der Waals surface area contributed by atoms with Crippen LogP contribution in [0.3, 0.4) is 0 Å². The highest BCUT2D eigenvalue weighted by atomic mass is 19.1. The van der Waals surface area contributed by atoms with Crippen molar-refractivity contribution < 1.29 is 9.18 Å². The zero-order chi connectivity index (χ0) is 20.9. The molecule has 2 aromatic heterocycles. The Morgan fingerprint density at radius 1 is 1.20 bits per heavy atom. The first-order valence-corrected chi connectivity index (χ1v) is 10.8. The van der Waals surface area contributed by atoms with Gasteiger partial charge in [0.25, 0.3) is 5.91 Å². The maximum absolute atomic E-state index is 13.2. The van der Waals surface area contributed by atoms with Crippen molar-refractivity contribution in [1.82, 2.24) is 24.8 Å². The van der Waals surface area contributed by atoms with E-state index in [1.54, 1.807) is 34.9 Å². The third-order valence-corrected chi connectivity index (χ3v) is 5.90. The molecular weight excluding hydrogens is 381 g/mol. The van der Waals surface area contributed by atoms with Gasteiger partial charge in [0, 0.05) is 36.5 Å². The van der Waals surface area contributed by atoms with Crippen LogP contribution in [0.4, 0.5) is 4.39 Å². The summed E-state index contributed by atoms with van der Waals surface area (Å²) in [5.74, 6) is 0.218. The number of hydrogen-bond acceptors (Lipinski definition) is 4. The molecule has 3 aromatic rings. The van der Waals surface area contributed by atoms with Crippen LogP contribution in [0.15, 0.2) is 42.6 Å². The predicted molar refractivity (Wildman–Crippen MR) is 115 cm³/mol. The van der Waals surface area contributed by atoms with E-state index in [0.717, 1.165) is 18.5 Å². The van der Waals surface area contributed by atoms with Crippen LogP contribution in [0.1, 0.15) is 49.4 Å². The Balaban J connectivity index is 1.35. The predicted octanol–water partition coefficient (Wildman–Crippen LogP) is 3.92. The Labute approximate surface area is 176 Å². The molecule has 0 radical (unpaired) electrons. The van der Waals surface area contributed by atoms with Crippen molar-refractivity contribution in [1.29, 1.82) is 0 Å². The molecule has 1 aliphatic rings. The smallest absolute Gasteiger partial charge is 0.251 e. The first kappa shape index (κ1) is 20.5. The number of piperidine rings is 1. The van der Waals surface area contributed by atoms with E-state index in [1.165, 1.54) is 44.4 Å². The van der Waals surface area contributed by atoms with Crippen LogP contribution in [-0.4, -0.2) is 51.1 Å². The summed E-state index contributed by atoms with van der Waals surface area (Å²) in [6.07, 6.45) is 7.83. The lowest BCUT2D eigenvalue weighted by Crippen LogP contribution is -2.40. The van der Waals surface area contributed by atoms with Crippen LogP contribution in [0, 0.1) is 5.82 Å². The van der Waals surface area contributed by atoms with Gasteiger partial charge in [0.15, 0.2) is 11.5 Å². The Morgan fingerprint density at radius 3 is 2.83 bits per heavy atom. The van der Waals surface area contributed by atoms with Crippen LogP contribution < -0.4 is 5.32 Å². The summed E-state index contributed by atoms with van der Waals surface area (Å²) >= 11 is 0. The summed E-state index contributed by atoms with van der Waals surface area (Å²) in [7, 11) is 0. The Hall–Kier alpha value is -2.80. The van der Waals surface area contributed by atoms with Crippen LogP contribution in [0.25, 0.3) is 17.0 Å². The molecule has 1 fully saturated rings. The topological polar surface area (TPSA) is 62.5 Å². The minimum Gasteiger partial charge on any atom is -0.352 e. The van der Waals surface area contributed by atoms with Gasteiger partial charge in [-0.1, -0.05) is 13.3 Å². The molecule has 0 spiro atoms. The number of rotatable bonds is 7. The molecular formula is C23H28FN5O. The molecule has 0 bridgehead atoms. The van der Waals surface area contributed by atoms with Crippen molar-refractivity contribution in [2.45, 2.75) is 45.1 Å². The average Bonchev–Trinajstić information content (AvgIpc) is 3.20. The standard InChI is InChI=1S/C23H28FN5O/c1-2-20-6-3-4-13-28(20)14-5-12-25-23(30)18-11-15-29-21(16-18)26-27-22(29)17-7-9-19(24)10-8-17/h7-11,15-16,20H,2-6,12-14H2,1H3,(H,25,30)/t20-/m0/s1. The van der Waals surface area contributed by atoms with Crippen molar-refractivity contribution in [3.8, 4) is 11.4 Å². The highest BCUT2D eigenvalue weighted by molar-refractivity contribution is 5.95. The number of pyridine rings is 1. The zero-order valence-electron chi connectivity index (χ0n) is 17.4. The third kappa shape index (κ3) is 4.51. The number of amides is 1. The number of benzene rings is 1. The highest BCUT2D eigenvalue weighted by Crippen LogP contribution is 2.20. The van der Waals surface area contributed by atoms with E-state index < -0.39 is 0 Å². The van der Waals surface area contributed by atoms with Gasteiger partial charge in [-0.25, -0.2) is 4.39 Å². The maximum Gasteiger partial charge on any atom is 0.251 e. The van der Waals surface area contributed by atoms with Crippen LogP contribution in [0.2, 0.25) is 0 Å². The second kappa shape index (κ2) is 9.34. The molecule has 1 aromatic carbocycles. The van der Waals surface area contributed by atoms with Crippen molar-refractivity contribution in [2.75, 3.05) is 19.6 Å². The summed E-state index contributed by atoms with van der Waals surface area (Å²) in [6.45, 7) is 5.12. The Bertz CT molecular complexity index is 1000. The minimum absolute atomic E-state index is 0.102. The fourth-order valence-corrected chi connectivity index (χ4v) is 4.23. The van der Waals surface area contributed by atoms with Crippen molar-refractivity contribution >= 4 is 11.6 Å². The number of nitrogens with zero attached hydrogens (tertiary/aromatic N) is 4. The lowest BCUT2D eigenvalue weighted by Gasteiger charge is -2.35. The Morgan fingerprint density at radius 2 is 2.03 bits per heavy atom. The van der Waals surface area contributed by atoms with Gasteiger partial charge in [-0.2, -0.15) is 0 Å². The largest absolute Gasteiger partial charge is 0.352 e. The van der Waals surface area contributed by atoms with Crippen molar-refractivity contribution in [2.24, 2.45) is 0 Å². The van der Waals surface area contributed by atoms with Gasteiger partial charge in [0.05, 0.1) is 0 Å². The molecule has 7 heteroatoms. The first-order valence-electron chi connectivity index (χ1n) is 10.8. The second-order valence-electron chi connectivity index (χ2n) is 7.88.